The largest absolute Gasteiger partial charge is 0.497 e. The molecule has 2 aromatic rings. The molecule has 0 spiro atoms. The van der Waals surface area contributed by atoms with E-state index in [1.54, 1.807) is 18.1 Å². The van der Waals surface area contributed by atoms with Gasteiger partial charge in [-0.3, -0.25) is 9.18 Å². The van der Waals surface area contributed by atoms with Crippen LogP contribution in [0.25, 0.3) is 11.3 Å². The first kappa shape index (κ1) is 25.5. The van der Waals surface area contributed by atoms with Crippen LogP contribution in [0.4, 0.5) is 15.0 Å². The maximum atomic E-state index is 12.5. The number of anilines is 1. The summed E-state index contributed by atoms with van der Waals surface area (Å²) in [6.45, 7) is 4.67. The van der Waals surface area contributed by atoms with Crippen molar-refractivity contribution in [2.24, 2.45) is 0 Å². The van der Waals surface area contributed by atoms with Gasteiger partial charge in [-0.2, -0.15) is 0 Å². The Kier molecular flexibility index (Phi) is 9.17. The van der Waals surface area contributed by atoms with E-state index < -0.39 is 6.67 Å². The van der Waals surface area contributed by atoms with Crippen molar-refractivity contribution in [1.82, 2.24) is 14.9 Å². The number of carbonyl (C=O) groups excluding carboxylic acids is 1. The standard InChI is InChI=1S/C23H30ClFN4O3S/c1-4-17-21(15-8-7-14(31-3)11-16(15)24)26-18(5-2)22(27-17)28-19-12-29(23(30)33)13-20(19)32-10-6-9-25/h7-8,11,19-20H,4-6,9-10,12-13H2,1-3H3,(H,27,28)(H,30,33)/t19-,20+/m1/s1. The number of thiol groups is 1. The molecule has 0 saturated carbocycles. The van der Waals surface area contributed by atoms with Crippen LogP contribution in [0, 0.1) is 0 Å². The van der Waals surface area contributed by atoms with Crippen molar-refractivity contribution in [1.29, 1.82) is 0 Å². The molecule has 0 aliphatic carbocycles. The highest BCUT2D eigenvalue weighted by atomic mass is 35.5. The fourth-order valence-electron chi connectivity index (χ4n) is 3.85. The van der Waals surface area contributed by atoms with Crippen molar-refractivity contribution in [3.8, 4) is 17.0 Å². The van der Waals surface area contributed by atoms with E-state index >= 15 is 0 Å². The molecular weight excluding hydrogens is 467 g/mol. The van der Waals surface area contributed by atoms with Gasteiger partial charge in [0.05, 0.1) is 48.0 Å². The third-order valence-corrected chi connectivity index (χ3v) is 6.21. The molecule has 0 unspecified atom stereocenters. The first-order valence-corrected chi connectivity index (χ1v) is 11.9. The van der Waals surface area contributed by atoms with Crippen LogP contribution in [-0.4, -0.2) is 65.7 Å². The third kappa shape index (κ3) is 6.07. The fraction of sp³-hybridized carbons (Fsp3) is 0.522. The number of hydrogen-bond acceptors (Lipinski definition) is 6. The minimum Gasteiger partial charge on any atom is -0.497 e. The summed E-state index contributed by atoms with van der Waals surface area (Å²) < 4.78 is 23.7. The van der Waals surface area contributed by atoms with Gasteiger partial charge in [0.1, 0.15) is 11.6 Å². The highest BCUT2D eigenvalue weighted by Crippen LogP contribution is 2.33. The van der Waals surface area contributed by atoms with Crippen LogP contribution in [-0.2, 0) is 17.6 Å². The zero-order valence-electron chi connectivity index (χ0n) is 19.1. The number of alkyl halides is 1. The minimum atomic E-state index is -0.444. The summed E-state index contributed by atoms with van der Waals surface area (Å²) in [4.78, 5) is 23.2. The van der Waals surface area contributed by atoms with Crippen LogP contribution < -0.4 is 10.1 Å². The van der Waals surface area contributed by atoms with E-state index in [2.05, 4.69) is 17.9 Å². The Morgan fingerprint density at radius 1 is 1.27 bits per heavy atom. The molecule has 0 bridgehead atoms. The van der Waals surface area contributed by atoms with E-state index in [0.29, 0.717) is 48.9 Å². The van der Waals surface area contributed by atoms with Crippen molar-refractivity contribution in [2.75, 3.05) is 38.8 Å². The zero-order chi connectivity index (χ0) is 24.0. The topological polar surface area (TPSA) is 76.6 Å². The Morgan fingerprint density at radius 2 is 2.03 bits per heavy atom. The molecule has 1 amide bonds. The molecule has 33 heavy (non-hydrogen) atoms. The SMILES string of the molecule is CCc1nc(-c2ccc(OC)cc2Cl)c(CC)nc1N[C@@H]1CN(C(=O)S)C[C@@H]1OCCCF. The number of halogens is 2. The molecule has 1 N–H and O–H groups in total. The number of amides is 1. The molecule has 10 heteroatoms. The van der Waals surface area contributed by atoms with Gasteiger partial charge in [-0.1, -0.05) is 38.1 Å². The third-order valence-electron chi connectivity index (χ3n) is 5.61. The summed E-state index contributed by atoms with van der Waals surface area (Å²) in [5.74, 6) is 1.33. The van der Waals surface area contributed by atoms with Crippen LogP contribution in [0.1, 0.15) is 31.7 Å². The van der Waals surface area contributed by atoms with Crippen molar-refractivity contribution in [2.45, 2.75) is 45.3 Å². The summed E-state index contributed by atoms with van der Waals surface area (Å²) in [5.41, 5.74) is 3.12. The lowest BCUT2D eigenvalue weighted by Gasteiger charge is -2.22. The second kappa shape index (κ2) is 11.9. The van der Waals surface area contributed by atoms with Gasteiger partial charge in [0.25, 0.3) is 5.24 Å². The number of methoxy groups -OCH3 is 1. The number of benzene rings is 1. The van der Waals surface area contributed by atoms with E-state index in [1.165, 1.54) is 0 Å². The molecular formula is C23H30ClFN4O3S. The van der Waals surface area contributed by atoms with Gasteiger partial charge < -0.3 is 19.7 Å². The maximum absolute atomic E-state index is 12.5. The Labute approximate surface area is 204 Å². The fourth-order valence-corrected chi connectivity index (χ4v) is 4.27. The van der Waals surface area contributed by atoms with Gasteiger partial charge in [-0.25, -0.2) is 9.97 Å². The molecule has 180 valence electrons. The van der Waals surface area contributed by atoms with Crippen LogP contribution in [0.3, 0.4) is 0 Å². The highest BCUT2D eigenvalue weighted by Gasteiger charge is 2.36. The lowest BCUT2D eigenvalue weighted by atomic mass is 10.1. The number of hydrogen-bond donors (Lipinski definition) is 2. The van der Waals surface area contributed by atoms with Crippen LogP contribution in [0.15, 0.2) is 18.2 Å². The number of aryl methyl sites for hydroxylation is 2. The number of rotatable bonds is 10. The molecule has 1 aliphatic heterocycles. The number of nitrogens with zero attached hydrogens (tertiary/aromatic N) is 3. The average molecular weight is 497 g/mol. The minimum absolute atomic E-state index is 0.208. The Balaban J connectivity index is 1.92. The normalized spacial score (nSPS) is 17.9. The Morgan fingerprint density at radius 3 is 2.64 bits per heavy atom. The van der Waals surface area contributed by atoms with Crippen LogP contribution >= 0.6 is 24.2 Å². The predicted octanol–water partition coefficient (Wildman–Crippen LogP) is 4.82. The monoisotopic (exact) mass is 496 g/mol. The molecule has 7 nitrogen and oxygen atoms in total. The second-order valence-corrected chi connectivity index (χ2v) is 8.55. The zero-order valence-corrected chi connectivity index (χ0v) is 20.8. The Hall–Kier alpha value is -2.10. The van der Waals surface area contributed by atoms with Crippen LogP contribution in [0.5, 0.6) is 5.75 Å². The van der Waals surface area contributed by atoms with Gasteiger partial charge >= 0.3 is 0 Å². The number of carbonyl (C=O) groups is 1. The van der Waals surface area contributed by atoms with Crippen molar-refractivity contribution in [3.63, 3.8) is 0 Å². The number of nitrogens with one attached hydrogen (secondary N) is 1. The smallest absolute Gasteiger partial charge is 0.278 e. The first-order chi connectivity index (χ1) is 15.9. The molecule has 1 aromatic heterocycles. The summed E-state index contributed by atoms with van der Waals surface area (Å²) >= 11 is 10.5. The Bertz CT molecular complexity index is 981. The molecule has 1 aromatic carbocycles. The molecule has 1 aliphatic rings. The number of aromatic nitrogens is 2. The van der Waals surface area contributed by atoms with Gasteiger partial charge in [-0.05, 0) is 37.5 Å². The van der Waals surface area contributed by atoms with E-state index in [-0.39, 0.29) is 24.0 Å². The van der Waals surface area contributed by atoms with Crippen molar-refractivity contribution >= 4 is 35.3 Å². The van der Waals surface area contributed by atoms with Gasteiger partial charge in [0.15, 0.2) is 0 Å². The van der Waals surface area contributed by atoms with E-state index in [0.717, 1.165) is 22.6 Å². The summed E-state index contributed by atoms with van der Waals surface area (Å²) in [6.07, 6.45) is 1.33. The molecule has 3 rings (SSSR count). The molecule has 1 fully saturated rings. The summed E-state index contributed by atoms with van der Waals surface area (Å²) in [7, 11) is 1.60. The number of likely N-dealkylation sites (tertiary alicyclic amines) is 1. The second-order valence-electron chi connectivity index (χ2n) is 7.76. The van der Waals surface area contributed by atoms with E-state index in [1.807, 2.05) is 26.0 Å². The molecule has 0 radical (unpaired) electrons. The molecule has 1 saturated heterocycles. The van der Waals surface area contributed by atoms with Crippen molar-refractivity contribution < 1.29 is 18.7 Å². The lowest BCUT2D eigenvalue weighted by molar-refractivity contribution is 0.0521. The predicted molar refractivity (Wildman–Crippen MR) is 131 cm³/mol. The van der Waals surface area contributed by atoms with E-state index in [4.69, 9.17) is 31.0 Å². The molecule has 2 heterocycles. The lowest BCUT2D eigenvalue weighted by Crippen LogP contribution is -2.35. The number of ether oxygens (including phenoxy) is 2. The van der Waals surface area contributed by atoms with Gasteiger partial charge in [0.2, 0.25) is 0 Å². The van der Waals surface area contributed by atoms with Crippen LogP contribution in [0.2, 0.25) is 5.02 Å². The summed E-state index contributed by atoms with van der Waals surface area (Å²) in [6, 6.07) is 5.29. The summed E-state index contributed by atoms with van der Waals surface area (Å²) in [5, 5.41) is 3.66. The quantitative estimate of drug-likeness (QED) is 0.363. The average Bonchev–Trinajstić information content (AvgIpc) is 3.22. The first-order valence-electron chi connectivity index (χ1n) is 11.1. The van der Waals surface area contributed by atoms with Gasteiger partial charge in [-0.15, -0.1) is 0 Å². The highest BCUT2D eigenvalue weighted by molar-refractivity contribution is 7.96. The maximum Gasteiger partial charge on any atom is 0.278 e. The van der Waals surface area contributed by atoms with Gasteiger partial charge in [0, 0.05) is 25.3 Å². The molecule has 2 atom stereocenters. The van der Waals surface area contributed by atoms with Crippen molar-refractivity contribution in [3.05, 3.63) is 34.6 Å². The van der Waals surface area contributed by atoms with E-state index in [9.17, 15) is 9.18 Å².